The van der Waals surface area contributed by atoms with E-state index in [9.17, 15) is 5.11 Å². The van der Waals surface area contributed by atoms with E-state index in [1.165, 1.54) is 6.42 Å². The van der Waals surface area contributed by atoms with Crippen LogP contribution >= 0.6 is 0 Å². The van der Waals surface area contributed by atoms with Gasteiger partial charge in [-0.05, 0) is 68.6 Å². The zero-order valence-electron chi connectivity index (χ0n) is 18.9. The van der Waals surface area contributed by atoms with E-state index in [0.29, 0.717) is 31.0 Å². The molecule has 2 aliphatic heterocycles. The molecule has 0 amide bonds. The van der Waals surface area contributed by atoms with E-state index < -0.39 is 11.4 Å². The Morgan fingerprint density at radius 3 is 2.23 bits per heavy atom. The first kappa shape index (κ1) is 20.2. The smallest absolute Gasteiger partial charge is 0.195 e. The van der Waals surface area contributed by atoms with Crippen LogP contribution in [0.1, 0.15) is 72.1 Å². The largest absolute Gasteiger partial charge is 0.384 e. The fraction of sp³-hybridized carbons (Fsp3) is 0.920. The van der Waals surface area contributed by atoms with E-state index in [4.69, 9.17) is 18.9 Å². The van der Waals surface area contributed by atoms with Crippen LogP contribution in [0, 0.1) is 28.6 Å². The Labute approximate surface area is 180 Å². The van der Waals surface area contributed by atoms with E-state index in [2.05, 4.69) is 19.9 Å². The number of allylic oxidation sites excluding steroid dienone is 1. The SMILES string of the molecule is CC1([C@@]2(O)CC[C@H]3[C@@H]4CC=C5CC6(CC[C@]5(C)[C@H]4CC[C@@]32C)OCCO6)OCCO1. The summed E-state index contributed by atoms with van der Waals surface area (Å²) in [5.74, 6) is 0.638. The van der Waals surface area contributed by atoms with Crippen LogP contribution in [0.5, 0.6) is 0 Å². The molecule has 2 heterocycles. The Balaban J connectivity index is 1.31. The number of fused-ring (bicyclic) bond motifs is 5. The molecule has 0 aromatic rings. The molecule has 1 spiro atoms. The summed E-state index contributed by atoms with van der Waals surface area (Å²) in [4.78, 5) is 0. The summed E-state index contributed by atoms with van der Waals surface area (Å²) >= 11 is 0. The van der Waals surface area contributed by atoms with Crippen LogP contribution in [0.25, 0.3) is 0 Å². The van der Waals surface area contributed by atoms with Gasteiger partial charge in [0.15, 0.2) is 11.6 Å². The summed E-state index contributed by atoms with van der Waals surface area (Å²) in [6, 6.07) is 0. The molecule has 6 rings (SSSR count). The van der Waals surface area contributed by atoms with E-state index >= 15 is 0 Å². The van der Waals surface area contributed by atoms with Gasteiger partial charge in [0, 0.05) is 18.3 Å². The Morgan fingerprint density at radius 2 is 1.50 bits per heavy atom. The van der Waals surface area contributed by atoms with Crippen LogP contribution in [-0.2, 0) is 18.9 Å². The van der Waals surface area contributed by atoms with Crippen molar-refractivity contribution in [3.8, 4) is 0 Å². The third kappa shape index (κ3) is 2.37. The molecule has 30 heavy (non-hydrogen) atoms. The summed E-state index contributed by atoms with van der Waals surface area (Å²) in [6.45, 7) is 9.45. The predicted octanol–water partition coefficient (Wildman–Crippen LogP) is 4.19. The van der Waals surface area contributed by atoms with Gasteiger partial charge in [0.2, 0.25) is 0 Å². The van der Waals surface area contributed by atoms with Gasteiger partial charge in [-0.25, -0.2) is 0 Å². The van der Waals surface area contributed by atoms with E-state index in [1.54, 1.807) is 5.57 Å². The highest BCUT2D eigenvalue weighted by molar-refractivity contribution is 5.28. The molecule has 4 aliphatic carbocycles. The molecule has 5 fully saturated rings. The fourth-order valence-electron chi connectivity index (χ4n) is 8.86. The van der Waals surface area contributed by atoms with Gasteiger partial charge >= 0.3 is 0 Å². The fourth-order valence-corrected chi connectivity index (χ4v) is 8.86. The second kappa shape index (κ2) is 6.32. The molecular weight excluding hydrogens is 380 g/mol. The highest BCUT2D eigenvalue weighted by Gasteiger charge is 2.70. The average Bonchev–Trinajstić information content (AvgIpc) is 3.43. The molecule has 6 atom stereocenters. The number of ether oxygens (including phenoxy) is 4. The van der Waals surface area contributed by atoms with Gasteiger partial charge in [-0.2, -0.15) is 0 Å². The molecular formula is C25H38O5. The molecule has 0 bridgehead atoms. The number of hydrogen-bond donors (Lipinski definition) is 1. The van der Waals surface area contributed by atoms with Gasteiger partial charge in [0.25, 0.3) is 0 Å². The van der Waals surface area contributed by atoms with Crippen molar-refractivity contribution in [2.45, 2.75) is 89.3 Å². The first-order valence-electron chi connectivity index (χ1n) is 12.2. The molecule has 6 aliphatic rings. The van der Waals surface area contributed by atoms with Gasteiger partial charge in [0.05, 0.1) is 26.4 Å². The van der Waals surface area contributed by atoms with Crippen molar-refractivity contribution in [1.82, 2.24) is 0 Å². The molecule has 0 aromatic heterocycles. The highest BCUT2D eigenvalue weighted by Crippen LogP contribution is 2.69. The van der Waals surface area contributed by atoms with Crippen LogP contribution in [-0.4, -0.2) is 48.7 Å². The maximum absolute atomic E-state index is 12.0. The number of rotatable bonds is 1. The molecule has 0 aromatic carbocycles. The van der Waals surface area contributed by atoms with E-state index in [-0.39, 0.29) is 16.6 Å². The minimum Gasteiger partial charge on any atom is -0.384 e. The Hall–Kier alpha value is -0.460. The standard InChI is InChI=1S/C25H38O5/c1-21-10-11-24(29-14-15-30-24)16-17(21)4-5-18-19(21)6-8-22(2)20(18)7-9-25(22,26)23(3)27-12-13-28-23/h4,18-20,26H,5-16H2,1-3H3/t18-,19+,20+,21+,22+,25-/m1/s1. The lowest BCUT2D eigenvalue weighted by Gasteiger charge is -2.60. The second-order valence-corrected chi connectivity index (χ2v) is 11.5. The zero-order valence-corrected chi connectivity index (χ0v) is 18.9. The molecule has 0 radical (unpaired) electrons. The first-order chi connectivity index (χ1) is 14.3. The number of hydrogen-bond acceptors (Lipinski definition) is 5. The Morgan fingerprint density at radius 1 is 0.833 bits per heavy atom. The van der Waals surface area contributed by atoms with Crippen molar-refractivity contribution >= 4 is 0 Å². The van der Waals surface area contributed by atoms with Gasteiger partial charge in [-0.1, -0.05) is 25.5 Å². The lowest BCUT2D eigenvalue weighted by molar-refractivity contribution is -0.299. The average molecular weight is 419 g/mol. The van der Waals surface area contributed by atoms with Crippen molar-refractivity contribution in [3.05, 3.63) is 11.6 Å². The number of aliphatic hydroxyl groups is 1. The summed E-state index contributed by atoms with van der Waals surface area (Å²) < 4.78 is 24.2. The van der Waals surface area contributed by atoms with Crippen LogP contribution in [0.15, 0.2) is 11.6 Å². The maximum Gasteiger partial charge on any atom is 0.195 e. The van der Waals surface area contributed by atoms with Crippen molar-refractivity contribution in [1.29, 1.82) is 0 Å². The van der Waals surface area contributed by atoms with Crippen LogP contribution in [0.4, 0.5) is 0 Å². The minimum atomic E-state index is -0.904. The predicted molar refractivity (Wildman–Crippen MR) is 112 cm³/mol. The zero-order chi connectivity index (χ0) is 20.8. The lowest BCUT2D eigenvalue weighted by Crippen LogP contribution is -2.63. The van der Waals surface area contributed by atoms with Gasteiger partial charge in [-0.15, -0.1) is 0 Å². The normalized spacial score (nSPS) is 51.3. The molecule has 168 valence electrons. The Bertz CT molecular complexity index is 751. The molecule has 5 heteroatoms. The highest BCUT2D eigenvalue weighted by atomic mass is 16.8. The second-order valence-electron chi connectivity index (χ2n) is 11.5. The summed E-state index contributed by atoms with van der Waals surface area (Å²) in [5, 5.41) is 12.0. The van der Waals surface area contributed by atoms with Crippen molar-refractivity contribution < 1.29 is 24.1 Å². The molecule has 2 saturated heterocycles. The monoisotopic (exact) mass is 418 g/mol. The molecule has 3 saturated carbocycles. The summed E-state index contributed by atoms with van der Waals surface area (Å²) in [6.07, 6.45) is 10.8. The van der Waals surface area contributed by atoms with Crippen LogP contribution in [0.3, 0.4) is 0 Å². The maximum atomic E-state index is 12.0. The quantitative estimate of drug-likeness (QED) is 0.647. The van der Waals surface area contributed by atoms with Gasteiger partial charge in [-0.3, -0.25) is 0 Å². The van der Waals surface area contributed by atoms with Gasteiger partial charge in [0.1, 0.15) is 5.60 Å². The summed E-state index contributed by atoms with van der Waals surface area (Å²) in [7, 11) is 0. The van der Waals surface area contributed by atoms with E-state index in [1.807, 2.05) is 6.92 Å². The van der Waals surface area contributed by atoms with Crippen LogP contribution < -0.4 is 0 Å². The van der Waals surface area contributed by atoms with Crippen LogP contribution in [0.2, 0.25) is 0 Å². The molecule has 1 N–H and O–H groups in total. The lowest BCUT2D eigenvalue weighted by atomic mass is 9.46. The third-order valence-electron chi connectivity index (χ3n) is 10.7. The van der Waals surface area contributed by atoms with Crippen molar-refractivity contribution in [3.63, 3.8) is 0 Å². The topological polar surface area (TPSA) is 57.2 Å². The molecule has 5 nitrogen and oxygen atoms in total. The molecule has 0 unspecified atom stereocenters. The third-order valence-corrected chi connectivity index (χ3v) is 10.7. The summed E-state index contributed by atoms with van der Waals surface area (Å²) in [5.41, 5.74) is 0.764. The minimum absolute atomic E-state index is 0.150. The van der Waals surface area contributed by atoms with Crippen molar-refractivity contribution in [2.75, 3.05) is 26.4 Å². The Kier molecular flexibility index (Phi) is 4.25. The van der Waals surface area contributed by atoms with E-state index in [0.717, 1.165) is 58.2 Å². The van der Waals surface area contributed by atoms with Crippen molar-refractivity contribution in [2.24, 2.45) is 28.6 Å². The van der Waals surface area contributed by atoms with Gasteiger partial charge < -0.3 is 24.1 Å². The first-order valence-corrected chi connectivity index (χ1v) is 12.2.